The molecule has 0 aliphatic carbocycles. The van der Waals surface area contributed by atoms with Gasteiger partial charge in [0.05, 0.1) is 13.2 Å². The third-order valence-corrected chi connectivity index (χ3v) is 4.98. The summed E-state index contributed by atoms with van der Waals surface area (Å²) in [5, 5.41) is 1.68. The summed E-state index contributed by atoms with van der Waals surface area (Å²) < 4.78 is 23.5. The SMILES string of the molecule is CCCOP(=O)(OCCC)C(=O)c1cccc2ccccc12. The zero-order chi connectivity index (χ0) is 16.0. The lowest BCUT2D eigenvalue weighted by atomic mass is 10.1. The van der Waals surface area contributed by atoms with Crippen molar-refractivity contribution in [1.29, 1.82) is 0 Å². The Morgan fingerprint density at radius 2 is 1.55 bits per heavy atom. The first-order valence-corrected chi connectivity index (χ1v) is 9.08. The number of carbonyl (C=O) groups excluding carboxylic acids is 1. The first-order valence-electron chi connectivity index (χ1n) is 7.54. The third-order valence-electron chi connectivity index (χ3n) is 3.20. The van der Waals surface area contributed by atoms with Gasteiger partial charge in [0, 0.05) is 5.56 Å². The Hall–Kier alpha value is -1.48. The zero-order valence-electron chi connectivity index (χ0n) is 13.0. The van der Waals surface area contributed by atoms with E-state index in [9.17, 15) is 9.36 Å². The van der Waals surface area contributed by atoms with Gasteiger partial charge in [0.15, 0.2) is 0 Å². The van der Waals surface area contributed by atoms with E-state index in [1.54, 1.807) is 12.1 Å². The second-order valence-corrected chi connectivity index (χ2v) is 6.91. The molecule has 0 spiro atoms. The summed E-state index contributed by atoms with van der Waals surface area (Å²) in [4.78, 5) is 12.8. The van der Waals surface area contributed by atoms with Crippen molar-refractivity contribution in [3.63, 3.8) is 0 Å². The van der Waals surface area contributed by atoms with Crippen LogP contribution in [0, 0.1) is 0 Å². The van der Waals surface area contributed by atoms with Gasteiger partial charge in [-0.3, -0.25) is 9.36 Å². The average molecular weight is 320 g/mol. The number of hydrogen-bond acceptors (Lipinski definition) is 4. The van der Waals surface area contributed by atoms with Gasteiger partial charge in [0.2, 0.25) is 0 Å². The summed E-state index contributed by atoms with van der Waals surface area (Å²) in [6.45, 7) is 4.26. The van der Waals surface area contributed by atoms with Gasteiger partial charge in [-0.1, -0.05) is 56.3 Å². The zero-order valence-corrected chi connectivity index (χ0v) is 13.8. The summed E-state index contributed by atoms with van der Waals surface area (Å²) in [6, 6.07) is 12.9. The summed E-state index contributed by atoms with van der Waals surface area (Å²) in [7, 11) is -3.81. The van der Waals surface area contributed by atoms with Gasteiger partial charge in [-0.05, 0) is 23.6 Å². The standard InChI is InChI=1S/C17H21O4P/c1-3-12-20-22(19,21-13-4-2)17(18)16-11-7-9-14-8-5-6-10-15(14)16/h5-11H,3-4,12-13H2,1-2H3. The minimum absolute atomic E-state index is 0.234. The molecule has 118 valence electrons. The molecule has 2 aromatic carbocycles. The predicted molar refractivity (Wildman–Crippen MR) is 88.4 cm³/mol. The second-order valence-electron chi connectivity index (χ2n) is 5.00. The van der Waals surface area contributed by atoms with E-state index in [1.165, 1.54) is 0 Å². The molecule has 0 bridgehead atoms. The summed E-state index contributed by atoms with van der Waals surface area (Å²) in [5.41, 5.74) is -0.181. The van der Waals surface area contributed by atoms with Crippen molar-refractivity contribution < 1.29 is 18.4 Å². The first-order chi connectivity index (χ1) is 10.6. The van der Waals surface area contributed by atoms with Crippen molar-refractivity contribution in [2.24, 2.45) is 0 Å². The van der Waals surface area contributed by atoms with Gasteiger partial charge in [-0.2, -0.15) is 0 Å². The van der Waals surface area contributed by atoms with Crippen LogP contribution in [0.5, 0.6) is 0 Å². The molecule has 0 heterocycles. The molecule has 0 N–H and O–H groups in total. The van der Waals surface area contributed by atoms with Gasteiger partial charge >= 0.3 is 7.60 Å². The maximum absolute atomic E-state index is 12.9. The Labute approximate surface area is 131 Å². The van der Waals surface area contributed by atoms with Crippen LogP contribution in [0.15, 0.2) is 42.5 Å². The number of benzene rings is 2. The molecule has 4 nitrogen and oxygen atoms in total. The average Bonchev–Trinajstić information content (AvgIpc) is 2.57. The third kappa shape index (κ3) is 3.64. The van der Waals surface area contributed by atoms with Gasteiger partial charge < -0.3 is 9.05 Å². The van der Waals surface area contributed by atoms with Crippen LogP contribution in [0.1, 0.15) is 37.0 Å². The van der Waals surface area contributed by atoms with Crippen molar-refractivity contribution in [1.82, 2.24) is 0 Å². The fourth-order valence-electron chi connectivity index (χ4n) is 2.14. The lowest BCUT2D eigenvalue weighted by Gasteiger charge is -2.17. The normalized spacial score (nSPS) is 11.7. The Balaban J connectivity index is 2.42. The van der Waals surface area contributed by atoms with Crippen LogP contribution < -0.4 is 0 Å². The maximum atomic E-state index is 12.9. The Morgan fingerprint density at radius 3 is 2.18 bits per heavy atom. The van der Waals surface area contributed by atoms with Crippen LogP contribution in [0.25, 0.3) is 10.8 Å². The summed E-state index contributed by atoms with van der Waals surface area (Å²) >= 11 is 0. The van der Waals surface area contributed by atoms with Crippen molar-refractivity contribution in [2.45, 2.75) is 26.7 Å². The quantitative estimate of drug-likeness (QED) is 0.640. The van der Waals surface area contributed by atoms with Crippen LogP contribution >= 0.6 is 7.60 Å². The molecule has 5 heteroatoms. The second kappa shape index (κ2) is 7.68. The van der Waals surface area contributed by atoms with E-state index in [-0.39, 0.29) is 13.2 Å². The number of fused-ring (bicyclic) bond motifs is 1. The Bertz CT molecular complexity index is 679. The monoisotopic (exact) mass is 320 g/mol. The molecule has 0 saturated carbocycles. The molecule has 0 aliphatic heterocycles. The van der Waals surface area contributed by atoms with Gasteiger partial charge in [0.25, 0.3) is 5.52 Å². The minimum atomic E-state index is -3.81. The van der Waals surface area contributed by atoms with E-state index in [1.807, 2.05) is 44.2 Å². The van der Waals surface area contributed by atoms with E-state index in [2.05, 4.69) is 0 Å². The molecule has 2 aromatic rings. The van der Waals surface area contributed by atoms with Gasteiger partial charge in [-0.15, -0.1) is 0 Å². The maximum Gasteiger partial charge on any atom is 0.401 e. The van der Waals surface area contributed by atoms with Crippen LogP contribution in [-0.4, -0.2) is 18.7 Å². The van der Waals surface area contributed by atoms with E-state index in [0.717, 1.165) is 10.8 Å². The fraction of sp³-hybridized carbons (Fsp3) is 0.353. The van der Waals surface area contributed by atoms with Crippen molar-refractivity contribution >= 4 is 23.9 Å². The molecule has 0 saturated heterocycles. The molecule has 0 aromatic heterocycles. The largest absolute Gasteiger partial charge is 0.401 e. The Morgan fingerprint density at radius 1 is 0.955 bits per heavy atom. The van der Waals surface area contributed by atoms with E-state index < -0.39 is 13.1 Å². The minimum Gasteiger partial charge on any atom is -0.303 e. The van der Waals surface area contributed by atoms with E-state index >= 15 is 0 Å². The molecule has 0 amide bonds. The topological polar surface area (TPSA) is 52.6 Å². The molecular weight excluding hydrogens is 299 g/mol. The highest BCUT2D eigenvalue weighted by atomic mass is 31.2. The van der Waals surface area contributed by atoms with Crippen LogP contribution in [-0.2, 0) is 13.6 Å². The van der Waals surface area contributed by atoms with Gasteiger partial charge in [-0.25, -0.2) is 0 Å². The van der Waals surface area contributed by atoms with Crippen LogP contribution in [0.3, 0.4) is 0 Å². The highest BCUT2D eigenvalue weighted by Crippen LogP contribution is 2.52. The predicted octanol–water partition coefficient (Wildman–Crippen LogP) is 5.03. The van der Waals surface area contributed by atoms with Crippen LogP contribution in [0.2, 0.25) is 0 Å². The molecular formula is C17H21O4P. The molecule has 0 fully saturated rings. The summed E-state index contributed by atoms with van der Waals surface area (Å²) in [6.07, 6.45) is 1.34. The molecule has 0 radical (unpaired) electrons. The van der Waals surface area contributed by atoms with Crippen molar-refractivity contribution in [3.05, 3.63) is 48.0 Å². The van der Waals surface area contributed by atoms with E-state index in [0.29, 0.717) is 18.4 Å². The Kier molecular flexibility index (Phi) is 5.90. The molecule has 0 atom stereocenters. The first kappa shape index (κ1) is 16.9. The molecule has 2 rings (SSSR count). The smallest absolute Gasteiger partial charge is 0.303 e. The van der Waals surface area contributed by atoms with Crippen molar-refractivity contribution in [3.8, 4) is 0 Å². The molecule has 0 unspecified atom stereocenters. The lowest BCUT2D eigenvalue weighted by molar-refractivity contribution is 0.0995. The van der Waals surface area contributed by atoms with E-state index in [4.69, 9.17) is 9.05 Å². The number of rotatable bonds is 8. The number of carbonyl (C=O) groups is 1. The summed E-state index contributed by atoms with van der Waals surface area (Å²) in [5.74, 6) is 0. The lowest BCUT2D eigenvalue weighted by Crippen LogP contribution is -2.09. The highest BCUT2D eigenvalue weighted by Gasteiger charge is 2.36. The van der Waals surface area contributed by atoms with Crippen molar-refractivity contribution in [2.75, 3.05) is 13.2 Å². The van der Waals surface area contributed by atoms with Crippen LogP contribution in [0.4, 0.5) is 0 Å². The molecule has 0 aliphatic rings. The van der Waals surface area contributed by atoms with Gasteiger partial charge in [0.1, 0.15) is 0 Å². The number of hydrogen-bond donors (Lipinski definition) is 0. The highest BCUT2D eigenvalue weighted by molar-refractivity contribution is 7.72. The molecule has 22 heavy (non-hydrogen) atoms. The fourth-order valence-corrected chi connectivity index (χ4v) is 3.78.